The second-order valence-corrected chi connectivity index (χ2v) is 7.44. The Labute approximate surface area is 178 Å². The van der Waals surface area contributed by atoms with Crippen LogP contribution in [0.1, 0.15) is 40.9 Å². The molecule has 1 saturated carbocycles. The van der Waals surface area contributed by atoms with Gasteiger partial charge in [0, 0.05) is 6.04 Å². The van der Waals surface area contributed by atoms with Crippen LogP contribution in [0.15, 0.2) is 36.4 Å². The van der Waals surface area contributed by atoms with Crippen molar-refractivity contribution in [1.29, 1.82) is 0 Å². The summed E-state index contributed by atoms with van der Waals surface area (Å²) in [5.74, 6) is -0.550. The van der Waals surface area contributed by atoms with Crippen LogP contribution in [-0.4, -0.2) is 41.7 Å². The Morgan fingerprint density at radius 1 is 1.19 bits per heavy atom. The van der Waals surface area contributed by atoms with Gasteiger partial charge in [0.2, 0.25) is 5.91 Å². The van der Waals surface area contributed by atoms with Crippen molar-refractivity contribution in [3.63, 3.8) is 0 Å². The maximum atomic E-state index is 13.1. The molecule has 1 aliphatic rings. The molecular formula is C23H23FN4O3. The third-order valence-electron chi connectivity index (χ3n) is 5.34. The van der Waals surface area contributed by atoms with E-state index in [4.69, 9.17) is 4.74 Å². The van der Waals surface area contributed by atoms with Crippen molar-refractivity contribution in [2.24, 2.45) is 0 Å². The van der Waals surface area contributed by atoms with E-state index in [0.29, 0.717) is 27.9 Å². The number of nitrogens with one attached hydrogen (secondary N) is 3. The molecule has 0 saturated heterocycles. The van der Waals surface area contributed by atoms with Gasteiger partial charge < -0.3 is 15.4 Å². The number of aromatic nitrogens is 2. The summed E-state index contributed by atoms with van der Waals surface area (Å²) < 4.78 is 18.6. The van der Waals surface area contributed by atoms with E-state index in [1.807, 2.05) is 6.08 Å². The molecule has 0 aliphatic heterocycles. The van der Waals surface area contributed by atoms with Crippen LogP contribution in [0.25, 0.3) is 23.1 Å². The summed E-state index contributed by atoms with van der Waals surface area (Å²) in [5, 5.41) is 13.4. The van der Waals surface area contributed by atoms with Gasteiger partial charge in [0.1, 0.15) is 11.6 Å². The van der Waals surface area contributed by atoms with Gasteiger partial charge in [-0.05, 0) is 55.2 Å². The molecule has 0 unspecified atom stereocenters. The number of hydrogen-bond donors (Lipinski definition) is 3. The van der Waals surface area contributed by atoms with Gasteiger partial charge in [-0.25, -0.2) is 4.39 Å². The van der Waals surface area contributed by atoms with E-state index >= 15 is 0 Å². The molecule has 1 aliphatic carbocycles. The third-order valence-corrected chi connectivity index (χ3v) is 5.34. The minimum atomic E-state index is -0.405. The van der Waals surface area contributed by atoms with Crippen LogP contribution < -0.4 is 15.4 Å². The topological polar surface area (TPSA) is 96.1 Å². The van der Waals surface area contributed by atoms with Gasteiger partial charge in [-0.3, -0.25) is 14.7 Å². The third kappa shape index (κ3) is 4.58. The Hall–Kier alpha value is -3.68. The first-order valence-electron chi connectivity index (χ1n) is 10.1. The highest BCUT2D eigenvalue weighted by Crippen LogP contribution is 2.32. The lowest BCUT2D eigenvalue weighted by atomic mass is 9.93. The van der Waals surface area contributed by atoms with Crippen molar-refractivity contribution >= 4 is 34.9 Å². The number of hydrogen-bond acceptors (Lipinski definition) is 4. The van der Waals surface area contributed by atoms with Gasteiger partial charge >= 0.3 is 0 Å². The number of carbonyl (C=O) groups is 2. The first kappa shape index (κ1) is 20.6. The zero-order valence-electron chi connectivity index (χ0n) is 17.1. The first-order chi connectivity index (χ1) is 15.0. The van der Waals surface area contributed by atoms with Crippen LogP contribution in [0.2, 0.25) is 0 Å². The summed E-state index contributed by atoms with van der Waals surface area (Å²) in [5.41, 5.74) is 2.40. The number of fused-ring (bicyclic) bond motifs is 1. The van der Waals surface area contributed by atoms with Gasteiger partial charge in [-0.15, -0.1) is 0 Å². The van der Waals surface area contributed by atoms with Gasteiger partial charge in [0.15, 0.2) is 0 Å². The van der Waals surface area contributed by atoms with Crippen LogP contribution >= 0.6 is 0 Å². The zero-order valence-corrected chi connectivity index (χ0v) is 17.1. The number of aromatic amines is 1. The van der Waals surface area contributed by atoms with E-state index in [1.165, 1.54) is 19.2 Å². The molecule has 1 heterocycles. The van der Waals surface area contributed by atoms with E-state index < -0.39 is 5.91 Å². The fourth-order valence-corrected chi connectivity index (χ4v) is 3.45. The average molecular weight is 422 g/mol. The fourth-order valence-electron chi connectivity index (χ4n) is 3.45. The highest BCUT2D eigenvalue weighted by Gasteiger charge is 2.21. The van der Waals surface area contributed by atoms with Crippen molar-refractivity contribution in [1.82, 2.24) is 20.8 Å². The van der Waals surface area contributed by atoms with Crippen molar-refractivity contribution in [3.8, 4) is 5.75 Å². The molecule has 0 atom stereocenters. The number of H-pyrrole nitrogens is 1. The summed E-state index contributed by atoms with van der Waals surface area (Å²) in [4.78, 5) is 24.7. The maximum Gasteiger partial charge on any atom is 0.255 e. The highest BCUT2D eigenvalue weighted by molar-refractivity contribution is 6.06. The SMILES string of the molecule is COc1c(C(=O)NCC(=O)NC2CCC2)ccc2n[nH]c(/C=C/c3ccc(F)cc3)c12. The predicted molar refractivity (Wildman–Crippen MR) is 116 cm³/mol. The van der Waals surface area contributed by atoms with Crippen molar-refractivity contribution < 1.29 is 18.7 Å². The van der Waals surface area contributed by atoms with Crippen LogP contribution in [-0.2, 0) is 4.79 Å². The molecule has 3 N–H and O–H groups in total. The van der Waals surface area contributed by atoms with Gasteiger partial charge in [0.25, 0.3) is 5.91 Å². The Morgan fingerprint density at radius 2 is 1.97 bits per heavy atom. The number of amides is 2. The minimum Gasteiger partial charge on any atom is -0.495 e. The highest BCUT2D eigenvalue weighted by atomic mass is 19.1. The van der Waals surface area contributed by atoms with E-state index in [0.717, 1.165) is 24.8 Å². The van der Waals surface area contributed by atoms with Gasteiger partial charge in [0.05, 0.1) is 35.8 Å². The molecule has 0 spiro atoms. The minimum absolute atomic E-state index is 0.0980. The summed E-state index contributed by atoms with van der Waals surface area (Å²) in [6.07, 6.45) is 6.69. The lowest BCUT2D eigenvalue weighted by Crippen LogP contribution is -2.44. The number of methoxy groups -OCH3 is 1. The zero-order chi connectivity index (χ0) is 21.8. The lowest BCUT2D eigenvalue weighted by Gasteiger charge is -2.26. The first-order valence-corrected chi connectivity index (χ1v) is 10.1. The fraction of sp³-hybridized carbons (Fsp3) is 0.261. The molecule has 4 rings (SSSR count). The monoisotopic (exact) mass is 422 g/mol. The van der Waals surface area contributed by atoms with Crippen LogP contribution in [0.5, 0.6) is 5.75 Å². The molecular weight excluding hydrogens is 399 g/mol. The number of halogens is 1. The van der Waals surface area contributed by atoms with Crippen molar-refractivity contribution in [2.75, 3.05) is 13.7 Å². The number of ether oxygens (including phenoxy) is 1. The predicted octanol–water partition coefficient (Wildman–Crippen LogP) is 3.28. The average Bonchev–Trinajstić information content (AvgIpc) is 3.16. The molecule has 3 aromatic rings. The second kappa shape index (κ2) is 8.99. The van der Waals surface area contributed by atoms with E-state index in [1.54, 1.807) is 30.3 Å². The molecule has 160 valence electrons. The normalized spacial score (nSPS) is 13.9. The molecule has 0 bridgehead atoms. The van der Waals surface area contributed by atoms with Crippen molar-refractivity contribution in [2.45, 2.75) is 25.3 Å². The molecule has 0 radical (unpaired) electrons. The van der Waals surface area contributed by atoms with Gasteiger partial charge in [-0.1, -0.05) is 18.2 Å². The molecule has 1 fully saturated rings. The summed E-state index contributed by atoms with van der Waals surface area (Å²) >= 11 is 0. The number of nitrogens with zero attached hydrogens (tertiary/aromatic N) is 1. The molecule has 7 nitrogen and oxygen atoms in total. The van der Waals surface area contributed by atoms with Gasteiger partial charge in [-0.2, -0.15) is 5.10 Å². The Bertz CT molecular complexity index is 1130. The molecule has 31 heavy (non-hydrogen) atoms. The summed E-state index contributed by atoms with van der Waals surface area (Å²) in [6.45, 7) is -0.0980. The number of carbonyl (C=O) groups excluding carboxylic acids is 2. The Kier molecular flexibility index (Phi) is 5.97. The van der Waals surface area contributed by atoms with Crippen LogP contribution in [0.3, 0.4) is 0 Å². The Balaban J connectivity index is 1.55. The maximum absolute atomic E-state index is 13.1. The summed E-state index contributed by atoms with van der Waals surface area (Å²) in [7, 11) is 1.48. The molecule has 2 aromatic carbocycles. The van der Waals surface area contributed by atoms with E-state index in [9.17, 15) is 14.0 Å². The van der Waals surface area contributed by atoms with Crippen LogP contribution in [0.4, 0.5) is 4.39 Å². The Morgan fingerprint density at radius 3 is 2.65 bits per heavy atom. The lowest BCUT2D eigenvalue weighted by molar-refractivity contribution is -0.121. The molecule has 2 amide bonds. The number of benzene rings is 2. The van der Waals surface area contributed by atoms with Crippen molar-refractivity contribution in [3.05, 3.63) is 59.0 Å². The smallest absolute Gasteiger partial charge is 0.255 e. The van der Waals surface area contributed by atoms with Crippen LogP contribution in [0, 0.1) is 5.82 Å². The molecule has 1 aromatic heterocycles. The summed E-state index contributed by atoms with van der Waals surface area (Å²) in [6, 6.07) is 9.65. The quantitative estimate of drug-likeness (QED) is 0.545. The van der Waals surface area contributed by atoms with E-state index in [-0.39, 0.29) is 24.3 Å². The standard InChI is InChI=1S/C23H23FN4O3/c1-31-22-17(23(30)25-13-20(29)26-16-3-2-4-16)10-12-19-21(22)18(27-28-19)11-7-14-5-8-15(24)9-6-14/h5-12,16H,2-4,13H2,1H3,(H,25,30)(H,26,29)(H,27,28)/b11-7+. The second-order valence-electron chi connectivity index (χ2n) is 7.44. The largest absolute Gasteiger partial charge is 0.495 e. The number of rotatable bonds is 7. The van der Waals surface area contributed by atoms with E-state index in [2.05, 4.69) is 20.8 Å². The molecule has 8 heteroatoms.